The van der Waals surface area contributed by atoms with Crippen LogP contribution in [-0.2, 0) is 16.1 Å². The lowest BCUT2D eigenvalue weighted by Gasteiger charge is -2.30. The van der Waals surface area contributed by atoms with E-state index in [1.54, 1.807) is 26.1 Å². The number of carbonyl (C=O) groups is 1. The fraction of sp³-hybridized carbons (Fsp3) is 0.652. The van der Waals surface area contributed by atoms with Crippen LogP contribution in [0.1, 0.15) is 44.6 Å². The van der Waals surface area contributed by atoms with E-state index in [9.17, 15) is 4.79 Å². The van der Waals surface area contributed by atoms with Crippen molar-refractivity contribution >= 4 is 11.9 Å². The molecule has 1 saturated carbocycles. The smallest absolute Gasteiger partial charge is 0.241 e. The van der Waals surface area contributed by atoms with E-state index in [0.29, 0.717) is 12.5 Å². The van der Waals surface area contributed by atoms with Crippen LogP contribution in [0, 0.1) is 5.41 Å². The van der Waals surface area contributed by atoms with Gasteiger partial charge in [-0.05, 0) is 49.3 Å². The van der Waals surface area contributed by atoms with Gasteiger partial charge in [-0.1, -0.05) is 25.0 Å². The molecule has 1 aliphatic carbocycles. The van der Waals surface area contributed by atoms with Crippen LogP contribution in [0.3, 0.4) is 0 Å². The van der Waals surface area contributed by atoms with Gasteiger partial charge in [0.1, 0.15) is 5.75 Å². The highest BCUT2D eigenvalue weighted by Crippen LogP contribution is 2.40. The zero-order chi connectivity index (χ0) is 21.8. The van der Waals surface area contributed by atoms with Gasteiger partial charge in [0, 0.05) is 33.9 Å². The zero-order valence-electron chi connectivity index (χ0n) is 19.0. The lowest BCUT2D eigenvalue weighted by molar-refractivity contribution is -0.127. The maximum Gasteiger partial charge on any atom is 0.241 e. The second-order valence-electron chi connectivity index (χ2n) is 8.16. The van der Waals surface area contributed by atoms with Crippen LogP contribution in [0.4, 0.5) is 0 Å². The average Bonchev–Trinajstić information content (AvgIpc) is 3.22. The molecule has 7 nitrogen and oxygen atoms in total. The molecule has 0 aromatic heterocycles. The predicted molar refractivity (Wildman–Crippen MR) is 121 cm³/mol. The van der Waals surface area contributed by atoms with Gasteiger partial charge >= 0.3 is 0 Å². The Morgan fingerprint density at radius 2 is 1.87 bits per heavy atom. The molecule has 1 aliphatic rings. The Labute approximate surface area is 181 Å². The minimum absolute atomic E-state index is 0.0147. The van der Waals surface area contributed by atoms with Crippen LogP contribution in [0.5, 0.6) is 5.75 Å². The lowest BCUT2D eigenvalue weighted by atomic mass is 9.83. The Morgan fingerprint density at radius 1 is 1.17 bits per heavy atom. The number of nitrogens with zero attached hydrogens (tertiary/aromatic N) is 2. The van der Waals surface area contributed by atoms with E-state index in [4.69, 9.17) is 14.5 Å². The van der Waals surface area contributed by atoms with Crippen molar-refractivity contribution in [1.29, 1.82) is 0 Å². The van der Waals surface area contributed by atoms with E-state index in [2.05, 4.69) is 10.6 Å². The highest BCUT2D eigenvalue weighted by atomic mass is 16.5. The summed E-state index contributed by atoms with van der Waals surface area (Å²) >= 11 is 0. The first-order valence-corrected chi connectivity index (χ1v) is 10.9. The summed E-state index contributed by atoms with van der Waals surface area (Å²) in [5, 5.41) is 6.70. The fourth-order valence-corrected chi connectivity index (χ4v) is 3.74. The molecule has 2 rings (SSSR count). The first kappa shape index (κ1) is 24.0. The Balaban J connectivity index is 2.02. The fourth-order valence-electron chi connectivity index (χ4n) is 3.74. The van der Waals surface area contributed by atoms with E-state index in [1.165, 1.54) is 25.7 Å². The molecule has 0 saturated heterocycles. The molecule has 1 amide bonds. The monoisotopic (exact) mass is 418 g/mol. The van der Waals surface area contributed by atoms with Crippen LogP contribution in [0.15, 0.2) is 29.3 Å². The van der Waals surface area contributed by atoms with Gasteiger partial charge in [0.15, 0.2) is 5.96 Å². The number of benzene rings is 1. The van der Waals surface area contributed by atoms with Crippen molar-refractivity contribution < 1.29 is 14.3 Å². The molecule has 1 fully saturated rings. The van der Waals surface area contributed by atoms with Gasteiger partial charge in [-0.25, -0.2) is 4.99 Å². The molecule has 0 unspecified atom stereocenters. The van der Waals surface area contributed by atoms with Gasteiger partial charge in [-0.3, -0.25) is 4.79 Å². The molecule has 0 aliphatic heterocycles. The van der Waals surface area contributed by atoms with E-state index < -0.39 is 0 Å². The number of aliphatic imine (C=N–C) groups is 1. The minimum Gasteiger partial charge on any atom is -0.497 e. The topological polar surface area (TPSA) is 75.2 Å². The number of methoxy groups -OCH3 is 1. The molecule has 0 heterocycles. The molecule has 1 aromatic rings. The van der Waals surface area contributed by atoms with Crippen molar-refractivity contribution in [2.45, 2.75) is 45.6 Å². The van der Waals surface area contributed by atoms with Crippen molar-refractivity contribution in [2.75, 3.05) is 47.5 Å². The number of ether oxygens (including phenoxy) is 2. The largest absolute Gasteiger partial charge is 0.497 e. The van der Waals surface area contributed by atoms with Crippen molar-refractivity contribution in [2.24, 2.45) is 10.4 Å². The van der Waals surface area contributed by atoms with Crippen LogP contribution < -0.4 is 15.4 Å². The number of likely N-dealkylation sites (N-methyl/N-ethyl adjacent to an activating group) is 1. The molecule has 1 aromatic carbocycles. The van der Waals surface area contributed by atoms with E-state index >= 15 is 0 Å². The number of hydrogen-bond acceptors (Lipinski definition) is 4. The van der Waals surface area contributed by atoms with E-state index in [0.717, 1.165) is 37.5 Å². The summed E-state index contributed by atoms with van der Waals surface area (Å²) in [6.45, 7) is 5.17. The minimum atomic E-state index is 0.0147. The summed E-state index contributed by atoms with van der Waals surface area (Å²) in [7, 11) is 5.17. The average molecular weight is 419 g/mol. The lowest BCUT2D eigenvalue weighted by Crippen LogP contribution is -2.46. The molecule has 168 valence electrons. The highest BCUT2D eigenvalue weighted by molar-refractivity contribution is 5.86. The SMILES string of the molecule is CCOCCC1(CNC(=NCc2ccc(OC)cc2)NCC(=O)N(C)C)CCCC1. The van der Waals surface area contributed by atoms with Gasteiger partial charge in [0.05, 0.1) is 20.2 Å². The van der Waals surface area contributed by atoms with Gasteiger partial charge in [0.25, 0.3) is 0 Å². The number of nitrogens with one attached hydrogen (secondary N) is 2. The van der Waals surface area contributed by atoms with Gasteiger partial charge in [0.2, 0.25) is 5.91 Å². The number of amides is 1. The summed E-state index contributed by atoms with van der Waals surface area (Å²) in [6.07, 6.45) is 5.98. The Morgan fingerprint density at radius 3 is 2.47 bits per heavy atom. The molecule has 7 heteroatoms. The zero-order valence-corrected chi connectivity index (χ0v) is 19.0. The Bertz CT molecular complexity index is 668. The normalized spacial score (nSPS) is 15.7. The van der Waals surface area contributed by atoms with Crippen molar-refractivity contribution in [3.63, 3.8) is 0 Å². The molecule has 0 spiro atoms. The van der Waals surface area contributed by atoms with Crippen LogP contribution >= 0.6 is 0 Å². The number of hydrogen-bond donors (Lipinski definition) is 2. The number of rotatable bonds is 11. The standard InChI is InChI=1S/C23H38N4O3/c1-5-30-15-14-23(12-6-7-13-23)18-26-22(25-17-21(28)27(2)3)24-16-19-8-10-20(29-4)11-9-19/h8-11H,5-7,12-18H2,1-4H3,(H2,24,25,26). The van der Waals surface area contributed by atoms with Crippen LogP contribution in [0.2, 0.25) is 0 Å². The molecule has 0 bridgehead atoms. The maximum atomic E-state index is 12.0. The first-order valence-electron chi connectivity index (χ1n) is 10.9. The first-order chi connectivity index (χ1) is 14.5. The van der Waals surface area contributed by atoms with Gasteiger partial charge in [-0.15, -0.1) is 0 Å². The van der Waals surface area contributed by atoms with E-state index in [1.807, 2.05) is 31.2 Å². The number of guanidine groups is 1. The van der Waals surface area contributed by atoms with Crippen LogP contribution in [-0.4, -0.2) is 64.3 Å². The van der Waals surface area contributed by atoms with Crippen molar-refractivity contribution in [3.8, 4) is 5.75 Å². The second kappa shape index (κ2) is 12.4. The quantitative estimate of drug-likeness (QED) is 0.328. The van der Waals surface area contributed by atoms with Crippen molar-refractivity contribution in [1.82, 2.24) is 15.5 Å². The maximum absolute atomic E-state index is 12.0. The summed E-state index contributed by atoms with van der Waals surface area (Å²) in [6, 6.07) is 7.88. The summed E-state index contributed by atoms with van der Waals surface area (Å²) in [5.74, 6) is 1.51. The molecule has 30 heavy (non-hydrogen) atoms. The van der Waals surface area contributed by atoms with E-state index in [-0.39, 0.29) is 17.9 Å². The molecule has 0 radical (unpaired) electrons. The Hall–Kier alpha value is -2.28. The molecular formula is C23H38N4O3. The van der Waals surface area contributed by atoms with Gasteiger partial charge < -0.3 is 25.0 Å². The highest BCUT2D eigenvalue weighted by Gasteiger charge is 2.33. The third kappa shape index (κ3) is 7.86. The second-order valence-corrected chi connectivity index (χ2v) is 8.16. The molecular weight excluding hydrogens is 380 g/mol. The molecule has 2 N–H and O–H groups in total. The summed E-state index contributed by atoms with van der Waals surface area (Å²) < 4.78 is 10.8. The number of carbonyl (C=O) groups excluding carboxylic acids is 1. The van der Waals surface area contributed by atoms with Gasteiger partial charge in [-0.2, -0.15) is 0 Å². The van der Waals surface area contributed by atoms with Crippen molar-refractivity contribution in [3.05, 3.63) is 29.8 Å². The Kier molecular flexibility index (Phi) is 9.94. The molecule has 0 atom stereocenters. The predicted octanol–water partition coefficient (Wildman–Crippen LogP) is 2.81. The summed E-state index contributed by atoms with van der Waals surface area (Å²) in [4.78, 5) is 18.3. The summed E-state index contributed by atoms with van der Waals surface area (Å²) in [5.41, 5.74) is 1.33. The third-order valence-electron chi connectivity index (χ3n) is 5.76. The van der Waals surface area contributed by atoms with Crippen LogP contribution in [0.25, 0.3) is 0 Å². The third-order valence-corrected chi connectivity index (χ3v) is 5.76.